The van der Waals surface area contributed by atoms with Crippen LogP contribution in [0.5, 0.6) is 0 Å². The van der Waals surface area contributed by atoms with Crippen molar-refractivity contribution < 1.29 is 0 Å². The molecule has 70 heavy (non-hydrogen) atoms. The molecule has 0 saturated heterocycles. The first-order chi connectivity index (χ1) is 34.7. The van der Waals surface area contributed by atoms with Crippen LogP contribution >= 0.6 is 0 Å². The second-order valence-electron chi connectivity index (χ2n) is 18.1. The molecule has 0 saturated carbocycles. The molecule has 0 aliphatic heterocycles. The Bertz CT molecular complexity index is 3980. The van der Waals surface area contributed by atoms with E-state index in [1.54, 1.807) is 0 Å². The normalized spacial score (nSPS) is 11.4. The van der Waals surface area contributed by atoms with Crippen LogP contribution in [0.2, 0.25) is 0 Å². The highest BCUT2D eigenvalue weighted by Gasteiger charge is 2.23. The summed E-state index contributed by atoms with van der Waals surface area (Å²) < 4.78 is 2.44. The van der Waals surface area contributed by atoms with Crippen LogP contribution in [0, 0.1) is 0 Å². The molecule has 2 nitrogen and oxygen atoms in total. The van der Waals surface area contributed by atoms with Gasteiger partial charge < -0.3 is 9.47 Å². The SMILES string of the molecule is c1ccc(-c2ccc(-c3ccc(N(c4cccc(-c5ccccc5)c4)c4ccc(-c5ccccc5-n5c6ccccc6c6ccccc65)cc4-c4cc5ccccc5c5ccccc45)cc3)cc2)cc1. The molecule has 328 valence electrons. The zero-order chi connectivity index (χ0) is 46.4. The molecule has 12 aromatic carbocycles. The maximum Gasteiger partial charge on any atom is 0.0541 e. The second kappa shape index (κ2) is 17.4. The fraction of sp³-hybridized carbons (Fsp3) is 0. The van der Waals surface area contributed by atoms with Crippen LogP contribution in [0.1, 0.15) is 0 Å². The molecular weight excluding hydrogens is 845 g/mol. The van der Waals surface area contributed by atoms with Crippen molar-refractivity contribution in [1.82, 2.24) is 4.57 Å². The highest BCUT2D eigenvalue weighted by molar-refractivity contribution is 6.15. The lowest BCUT2D eigenvalue weighted by Gasteiger charge is -2.29. The van der Waals surface area contributed by atoms with Crippen LogP contribution in [0.4, 0.5) is 17.1 Å². The molecule has 13 rings (SSSR count). The van der Waals surface area contributed by atoms with E-state index in [1.807, 2.05) is 0 Å². The zero-order valence-corrected chi connectivity index (χ0v) is 38.5. The molecule has 0 fully saturated rings. The first kappa shape index (κ1) is 41.0. The molecule has 0 atom stereocenters. The van der Waals surface area contributed by atoms with Gasteiger partial charge in [0.1, 0.15) is 0 Å². The molecule has 0 N–H and O–H groups in total. The number of anilines is 3. The molecule has 0 unspecified atom stereocenters. The van der Waals surface area contributed by atoms with Crippen molar-refractivity contribution in [2.75, 3.05) is 4.90 Å². The van der Waals surface area contributed by atoms with E-state index in [0.29, 0.717) is 0 Å². The van der Waals surface area contributed by atoms with Gasteiger partial charge in [-0.25, -0.2) is 0 Å². The average molecular weight is 891 g/mol. The number of rotatable bonds is 9. The van der Waals surface area contributed by atoms with Crippen molar-refractivity contribution in [2.45, 2.75) is 0 Å². The maximum atomic E-state index is 2.46. The predicted molar refractivity (Wildman–Crippen MR) is 298 cm³/mol. The number of benzene rings is 12. The topological polar surface area (TPSA) is 8.17 Å². The molecule has 0 amide bonds. The van der Waals surface area contributed by atoms with Gasteiger partial charge in [-0.3, -0.25) is 0 Å². The van der Waals surface area contributed by atoms with Crippen LogP contribution in [0.25, 0.3) is 105 Å². The zero-order valence-electron chi connectivity index (χ0n) is 38.5. The third kappa shape index (κ3) is 7.22. The maximum absolute atomic E-state index is 2.46. The van der Waals surface area contributed by atoms with Gasteiger partial charge >= 0.3 is 0 Å². The van der Waals surface area contributed by atoms with Crippen molar-refractivity contribution >= 4 is 60.4 Å². The van der Waals surface area contributed by atoms with E-state index in [-0.39, 0.29) is 0 Å². The lowest BCUT2D eigenvalue weighted by atomic mass is 9.90. The monoisotopic (exact) mass is 890 g/mol. The Morgan fingerprint density at radius 1 is 0.243 bits per heavy atom. The van der Waals surface area contributed by atoms with E-state index in [4.69, 9.17) is 0 Å². The summed E-state index contributed by atoms with van der Waals surface area (Å²) in [6, 6.07) is 102. The minimum Gasteiger partial charge on any atom is -0.310 e. The van der Waals surface area contributed by atoms with Crippen molar-refractivity contribution in [3.8, 4) is 61.3 Å². The smallest absolute Gasteiger partial charge is 0.0541 e. The van der Waals surface area contributed by atoms with Gasteiger partial charge in [0.25, 0.3) is 0 Å². The Morgan fingerprint density at radius 2 is 0.729 bits per heavy atom. The predicted octanol–water partition coefficient (Wildman–Crippen LogP) is 18.9. The number of nitrogens with zero attached hydrogens (tertiary/aromatic N) is 2. The first-order valence-corrected chi connectivity index (χ1v) is 24.1. The highest BCUT2D eigenvalue weighted by Crippen LogP contribution is 2.47. The van der Waals surface area contributed by atoms with Crippen LogP contribution in [-0.2, 0) is 0 Å². The largest absolute Gasteiger partial charge is 0.310 e. The minimum atomic E-state index is 1.07. The summed E-state index contributed by atoms with van der Waals surface area (Å²) in [6.45, 7) is 0. The van der Waals surface area contributed by atoms with Gasteiger partial charge in [0.15, 0.2) is 0 Å². The van der Waals surface area contributed by atoms with Gasteiger partial charge in [-0.2, -0.15) is 0 Å². The highest BCUT2D eigenvalue weighted by atomic mass is 15.1. The van der Waals surface area contributed by atoms with Crippen molar-refractivity contribution in [1.29, 1.82) is 0 Å². The van der Waals surface area contributed by atoms with Gasteiger partial charge in [-0.1, -0.05) is 218 Å². The molecule has 0 spiro atoms. The Hall–Kier alpha value is -9.24. The molecule has 0 radical (unpaired) electrons. The summed E-state index contributed by atoms with van der Waals surface area (Å²) in [5.41, 5.74) is 18.5. The van der Waals surface area contributed by atoms with Crippen LogP contribution in [0.15, 0.2) is 279 Å². The van der Waals surface area contributed by atoms with Crippen LogP contribution < -0.4 is 4.90 Å². The van der Waals surface area contributed by atoms with Crippen molar-refractivity contribution in [3.63, 3.8) is 0 Å². The van der Waals surface area contributed by atoms with E-state index in [2.05, 4.69) is 289 Å². The Balaban J connectivity index is 1.04. The Labute approximate surface area is 408 Å². The van der Waals surface area contributed by atoms with E-state index < -0.39 is 0 Å². The van der Waals surface area contributed by atoms with E-state index >= 15 is 0 Å². The molecule has 0 aliphatic carbocycles. The van der Waals surface area contributed by atoms with E-state index in [9.17, 15) is 0 Å². The number of hydrogen-bond acceptors (Lipinski definition) is 1. The number of fused-ring (bicyclic) bond motifs is 6. The number of hydrogen-bond donors (Lipinski definition) is 0. The van der Waals surface area contributed by atoms with Crippen molar-refractivity contribution in [3.05, 3.63) is 279 Å². The molecule has 0 aliphatic rings. The van der Waals surface area contributed by atoms with Gasteiger partial charge in [0, 0.05) is 33.3 Å². The molecule has 1 aromatic heterocycles. The third-order valence-electron chi connectivity index (χ3n) is 14.0. The quantitative estimate of drug-likeness (QED) is 0.131. The molecule has 0 bridgehead atoms. The van der Waals surface area contributed by atoms with Crippen LogP contribution in [-0.4, -0.2) is 4.57 Å². The molecular formula is C68H46N2. The lowest BCUT2D eigenvalue weighted by Crippen LogP contribution is -2.11. The summed E-state index contributed by atoms with van der Waals surface area (Å²) in [5.74, 6) is 0. The summed E-state index contributed by atoms with van der Waals surface area (Å²) in [4.78, 5) is 2.46. The average Bonchev–Trinajstić information content (AvgIpc) is 3.78. The Kier molecular flexibility index (Phi) is 10.2. The lowest BCUT2D eigenvalue weighted by molar-refractivity contribution is 1.18. The summed E-state index contributed by atoms with van der Waals surface area (Å²) in [5, 5.41) is 7.39. The third-order valence-corrected chi connectivity index (χ3v) is 14.0. The summed E-state index contributed by atoms with van der Waals surface area (Å²) in [7, 11) is 0. The second-order valence-corrected chi connectivity index (χ2v) is 18.1. The Morgan fingerprint density at radius 3 is 1.40 bits per heavy atom. The van der Waals surface area contributed by atoms with Crippen molar-refractivity contribution in [2.24, 2.45) is 0 Å². The van der Waals surface area contributed by atoms with Gasteiger partial charge in [0.05, 0.1) is 22.4 Å². The van der Waals surface area contributed by atoms with E-state index in [0.717, 1.165) is 45.0 Å². The molecule has 13 aromatic rings. The fourth-order valence-corrected chi connectivity index (χ4v) is 10.7. The molecule has 2 heteroatoms. The summed E-state index contributed by atoms with van der Waals surface area (Å²) in [6.07, 6.45) is 0. The van der Waals surface area contributed by atoms with E-state index in [1.165, 1.54) is 76.7 Å². The van der Waals surface area contributed by atoms with Gasteiger partial charge in [-0.05, 0) is 127 Å². The summed E-state index contributed by atoms with van der Waals surface area (Å²) >= 11 is 0. The van der Waals surface area contributed by atoms with Crippen LogP contribution in [0.3, 0.4) is 0 Å². The fourth-order valence-electron chi connectivity index (χ4n) is 10.7. The standard InChI is InChI=1S/C68H46N2/c1-3-18-47(19-4-1)49-34-36-50(37-35-49)51-38-41-55(42-39-51)69(56-24-17-23-52(44-56)48-20-5-2-6-21-48)68-43-40-54(46-64(68)63-45-53-22-7-8-25-57(53)59-27-9-10-28-60(59)63)58-26-11-14-31-65(58)70-66-32-15-12-29-61(66)62-30-13-16-33-67(62)70/h1-46H. The van der Waals surface area contributed by atoms with Gasteiger partial charge in [-0.15, -0.1) is 0 Å². The number of aromatic nitrogens is 1. The molecule has 1 heterocycles. The van der Waals surface area contributed by atoms with Gasteiger partial charge in [0.2, 0.25) is 0 Å². The number of para-hydroxylation sites is 3. The first-order valence-electron chi connectivity index (χ1n) is 24.1. The minimum absolute atomic E-state index is 1.07.